The van der Waals surface area contributed by atoms with Crippen LogP contribution in [0.4, 0.5) is 0 Å². The zero-order chi connectivity index (χ0) is 7.78. The Hall–Kier alpha value is 0.0249. The molecular weight excluding hydrogens is 133 g/mol. The van der Waals surface area contributed by atoms with Gasteiger partial charge < -0.3 is 5.32 Å². The van der Waals surface area contributed by atoms with Gasteiger partial charge in [-0.2, -0.15) is 0 Å². The molecule has 11 heavy (non-hydrogen) atoms. The molecular formula is C9H19BN. The van der Waals surface area contributed by atoms with Crippen molar-refractivity contribution in [2.24, 2.45) is 0 Å². The molecule has 1 aliphatic heterocycles. The van der Waals surface area contributed by atoms with Gasteiger partial charge in [-0.1, -0.05) is 31.9 Å². The summed E-state index contributed by atoms with van der Waals surface area (Å²) in [6, 6.07) is 0. The molecule has 2 heteroatoms. The molecule has 1 nitrogen and oxygen atoms in total. The Labute approximate surface area is 71.2 Å². The van der Waals surface area contributed by atoms with Crippen LogP contribution in [0.5, 0.6) is 0 Å². The van der Waals surface area contributed by atoms with E-state index in [2.05, 4.69) is 12.6 Å². The second-order valence-corrected chi connectivity index (χ2v) is 3.38. The smallest absolute Gasteiger partial charge is 0.109 e. The second kappa shape index (κ2) is 6.72. The lowest BCUT2D eigenvalue weighted by molar-refractivity contribution is 0.600. The summed E-state index contributed by atoms with van der Waals surface area (Å²) in [4.78, 5) is 0. The second-order valence-electron chi connectivity index (χ2n) is 3.38. The topological polar surface area (TPSA) is 12.0 Å². The molecule has 0 unspecified atom stereocenters. The summed E-state index contributed by atoms with van der Waals surface area (Å²) in [5, 5.41) is 3.47. The largest absolute Gasteiger partial charge is 0.317 e. The Morgan fingerprint density at radius 1 is 0.727 bits per heavy atom. The minimum atomic E-state index is 1.23. The van der Waals surface area contributed by atoms with Gasteiger partial charge in [0.2, 0.25) is 0 Å². The third kappa shape index (κ3) is 5.31. The SMILES string of the molecule is [B]1CCCCCNCCCC1. The molecule has 0 saturated carbocycles. The van der Waals surface area contributed by atoms with Crippen LogP contribution in [-0.2, 0) is 0 Å². The fraction of sp³-hybridized carbons (Fsp3) is 1.00. The number of hydrogen-bond donors (Lipinski definition) is 1. The van der Waals surface area contributed by atoms with Gasteiger partial charge in [-0.15, -0.1) is 0 Å². The van der Waals surface area contributed by atoms with Crippen LogP contribution in [0.3, 0.4) is 0 Å². The van der Waals surface area contributed by atoms with Crippen molar-refractivity contribution in [1.82, 2.24) is 5.32 Å². The monoisotopic (exact) mass is 152 g/mol. The van der Waals surface area contributed by atoms with Crippen molar-refractivity contribution in [1.29, 1.82) is 0 Å². The van der Waals surface area contributed by atoms with Crippen LogP contribution in [0.15, 0.2) is 0 Å². The third-order valence-electron chi connectivity index (χ3n) is 2.27. The van der Waals surface area contributed by atoms with Crippen molar-refractivity contribution in [3.8, 4) is 0 Å². The Kier molecular flexibility index (Phi) is 5.57. The molecule has 1 radical (unpaired) electrons. The van der Waals surface area contributed by atoms with E-state index < -0.39 is 0 Å². The maximum absolute atomic E-state index is 3.47. The first-order valence-corrected chi connectivity index (χ1v) is 5.02. The van der Waals surface area contributed by atoms with E-state index in [1.165, 1.54) is 57.8 Å². The Bertz CT molecular complexity index is 47.6. The molecule has 1 aliphatic rings. The van der Waals surface area contributed by atoms with E-state index in [0.717, 1.165) is 0 Å². The van der Waals surface area contributed by atoms with E-state index in [4.69, 9.17) is 0 Å². The van der Waals surface area contributed by atoms with Crippen molar-refractivity contribution >= 4 is 7.28 Å². The van der Waals surface area contributed by atoms with Crippen molar-refractivity contribution in [3.05, 3.63) is 0 Å². The zero-order valence-corrected chi connectivity index (χ0v) is 7.44. The maximum Gasteiger partial charge on any atom is 0.109 e. The van der Waals surface area contributed by atoms with Crippen molar-refractivity contribution in [2.75, 3.05) is 13.1 Å². The highest BCUT2D eigenvalue weighted by Crippen LogP contribution is 2.04. The first-order valence-electron chi connectivity index (χ1n) is 5.02. The minimum Gasteiger partial charge on any atom is -0.317 e. The van der Waals surface area contributed by atoms with Gasteiger partial charge in [-0.05, 0) is 25.9 Å². The average Bonchev–Trinajstić information content (AvgIpc) is 2.08. The van der Waals surface area contributed by atoms with E-state index in [1.54, 1.807) is 0 Å². The molecule has 1 N–H and O–H groups in total. The van der Waals surface area contributed by atoms with Gasteiger partial charge in [0, 0.05) is 0 Å². The van der Waals surface area contributed by atoms with E-state index in [1.807, 2.05) is 0 Å². The van der Waals surface area contributed by atoms with Crippen LogP contribution in [0.2, 0.25) is 12.6 Å². The van der Waals surface area contributed by atoms with Crippen LogP contribution < -0.4 is 5.32 Å². The van der Waals surface area contributed by atoms with Crippen LogP contribution in [0.1, 0.15) is 32.1 Å². The number of rotatable bonds is 0. The first-order chi connectivity index (χ1) is 5.50. The van der Waals surface area contributed by atoms with Gasteiger partial charge in [-0.25, -0.2) is 0 Å². The van der Waals surface area contributed by atoms with E-state index in [0.29, 0.717) is 0 Å². The highest BCUT2D eigenvalue weighted by molar-refractivity contribution is 6.35. The molecule has 1 fully saturated rings. The van der Waals surface area contributed by atoms with Gasteiger partial charge in [0.1, 0.15) is 7.28 Å². The highest BCUT2D eigenvalue weighted by atomic mass is 14.8. The van der Waals surface area contributed by atoms with Crippen molar-refractivity contribution < 1.29 is 0 Å². The van der Waals surface area contributed by atoms with Crippen LogP contribution >= 0.6 is 0 Å². The molecule has 1 saturated heterocycles. The summed E-state index contributed by atoms with van der Waals surface area (Å²) in [7, 11) is 2.46. The molecule has 0 atom stereocenters. The highest BCUT2D eigenvalue weighted by Gasteiger charge is 1.96. The molecule has 0 aromatic heterocycles. The summed E-state index contributed by atoms with van der Waals surface area (Å²) >= 11 is 0. The molecule has 1 heterocycles. The molecule has 0 aromatic carbocycles. The van der Waals surface area contributed by atoms with E-state index in [-0.39, 0.29) is 0 Å². The molecule has 0 aromatic rings. The predicted octanol–water partition coefficient (Wildman–Crippen LogP) is 2.08. The van der Waals surface area contributed by atoms with Gasteiger partial charge in [0.05, 0.1) is 0 Å². The molecule has 63 valence electrons. The fourth-order valence-corrected chi connectivity index (χ4v) is 1.52. The molecule has 0 bridgehead atoms. The Morgan fingerprint density at radius 2 is 1.36 bits per heavy atom. The lowest BCUT2D eigenvalue weighted by atomic mass is 9.68. The molecule has 0 spiro atoms. The number of hydrogen-bond acceptors (Lipinski definition) is 1. The van der Waals surface area contributed by atoms with Gasteiger partial charge >= 0.3 is 0 Å². The molecule has 0 amide bonds. The van der Waals surface area contributed by atoms with E-state index >= 15 is 0 Å². The van der Waals surface area contributed by atoms with Crippen molar-refractivity contribution in [3.63, 3.8) is 0 Å². The first kappa shape index (κ1) is 9.12. The normalized spacial score (nSPS) is 23.3. The summed E-state index contributed by atoms with van der Waals surface area (Å²) in [5.41, 5.74) is 0. The molecule has 0 aliphatic carbocycles. The summed E-state index contributed by atoms with van der Waals surface area (Å²) in [5.74, 6) is 0. The molecule has 1 rings (SSSR count). The third-order valence-corrected chi connectivity index (χ3v) is 2.27. The van der Waals surface area contributed by atoms with Crippen LogP contribution in [-0.4, -0.2) is 20.4 Å². The minimum absolute atomic E-state index is 1.23. The standard InChI is InChI=1S/C9H19BN/c1-2-6-10-7-3-5-9-11-8-4-1/h11H,1-9H2. The number of nitrogens with one attached hydrogen (secondary N) is 1. The predicted molar refractivity (Wildman–Crippen MR) is 51.3 cm³/mol. The van der Waals surface area contributed by atoms with Crippen molar-refractivity contribution in [2.45, 2.75) is 44.7 Å². The Balaban J connectivity index is 2.02. The fourth-order valence-electron chi connectivity index (χ4n) is 1.52. The Morgan fingerprint density at radius 3 is 2.18 bits per heavy atom. The summed E-state index contributed by atoms with van der Waals surface area (Å²) in [6.07, 6.45) is 9.60. The quantitative estimate of drug-likeness (QED) is 0.524. The van der Waals surface area contributed by atoms with Crippen LogP contribution in [0, 0.1) is 0 Å². The lowest BCUT2D eigenvalue weighted by Crippen LogP contribution is -2.16. The van der Waals surface area contributed by atoms with E-state index in [9.17, 15) is 0 Å². The van der Waals surface area contributed by atoms with Crippen LogP contribution in [0.25, 0.3) is 0 Å². The lowest BCUT2D eigenvalue weighted by Gasteiger charge is -2.01. The average molecular weight is 152 g/mol. The summed E-state index contributed by atoms with van der Waals surface area (Å²) in [6.45, 7) is 2.47. The zero-order valence-electron chi connectivity index (χ0n) is 7.44. The maximum atomic E-state index is 3.47. The summed E-state index contributed by atoms with van der Waals surface area (Å²) < 4.78 is 0. The van der Waals surface area contributed by atoms with Gasteiger partial charge in [0.25, 0.3) is 0 Å². The van der Waals surface area contributed by atoms with Gasteiger partial charge in [0.15, 0.2) is 0 Å². The van der Waals surface area contributed by atoms with Gasteiger partial charge in [-0.3, -0.25) is 0 Å².